The van der Waals surface area contributed by atoms with Crippen LogP contribution in [0.4, 0.5) is 11.6 Å². The van der Waals surface area contributed by atoms with Crippen molar-refractivity contribution in [2.75, 3.05) is 11.1 Å². The molecule has 0 aliphatic carbocycles. The maximum absolute atomic E-state index is 12.1. The fourth-order valence-corrected chi connectivity index (χ4v) is 1.90. The molecule has 110 valence electrons. The molecule has 0 bridgehead atoms. The van der Waals surface area contributed by atoms with E-state index in [4.69, 9.17) is 5.73 Å². The summed E-state index contributed by atoms with van der Waals surface area (Å²) in [6, 6.07) is 4.56. The minimum absolute atomic E-state index is 0.0659. The van der Waals surface area contributed by atoms with Crippen LogP contribution in [0.15, 0.2) is 18.2 Å². The van der Waals surface area contributed by atoms with Gasteiger partial charge in [0.15, 0.2) is 5.75 Å². The molecule has 2 rings (SSSR count). The number of rotatable bonds is 4. The number of nitrogen functional groups attached to an aromatic ring is 1. The van der Waals surface area contributed by atoms with Crippen molar-refractivity contribution in [1.29, 1.82) is 0 Å². The van der Waals surface area contributed by atoms with E-state index in [9.17, 15) is 9.90 Å². The van der Waals surface area contributed by atoms with Gasteiger partial charge in [-0.25, -0.2) is 4.98 Å². The topological polar surface area (TPSA) is 114 Å². The number of aromatic nitrogens is 3. The number of phenols is 1. The Labute approximate surface area is 122 Å². The number of amides is 1. The lowest BCUT2D eigenvalue weighted by atomic mass is 10.1. The first-order chi connectivity index (χ1) is 10.1. The normalized spacial score (nSPS) is 10.4. The number of benzene rings is 1. The van der Waals surface area contributed by atoms with Gasteiger partial charge in [-0.15, -0.1) is 10.2 Å². The molecule has 0 saturated carbocycles. The van der Waals surface area contributed by atoms with Crippen LogP contribution >= 0.6 is 0 Å². The van der Waals surface area contributed by atoms with E-state index >= 15 is 0 Å². The van der Waals surface area contributed by atoms with Gasteiger partial charge < -0.3 is 10.8 Å². The lowest BCUT2D eigenvalue weighted by Crippen LogP contribution is -2.17. The quantitative estimate of drug-likeness (QED) is 0.580. The molecule has 1 aromatic heterocycles. The highest BCUT2D eigenvalue weighted by Crippen LogP contribution is 2.24. The second-order valence-electron chi connectivity index (χ2n) is 4.43. The molecular formula is C14H17N5O2. The Morgan fingerprint density at radius 3 is 2.62 bits per heavy atom. The third-order valence-electron chi connectivity index (χ3n) is 3.05. The zero-order valence-electron chi connectivity index (χ0n) is 11.9. The molecule has 0 spiro atoms. The average Bonchev–Trinajstić information content (AvgIpc) is 2.49. The molecular weight excluding hydrogens is 270 g/mol. The maximum atomic E-state index is 12.1. The molecule has 1 aromatic carbocycles. The van der Waals surface area contributed by atoms with Crippen molar-refractivity contribution in [3.63, 3.8) is 0 Å². The number of nitrogens with one attached hydrogen (secondary N) is 1. The molecule has 21 heavy (non-hydrogen) atoms. The second-order valence-corrected chi connectivity index (χ2v) is 4.43. The SMILES string of the molecule is CCc1nnc(NC(=O)c2cccc(N)c2O)nc1CC. The van der Waals surface area contributed by atoms with Gasteiger partial charge in [-0.3, -0.25) is 10.1 Å². The summed E-state index contributed by atoms with van der Waals surface area (Å²) in [6.07, 6.45) is 1.43. The summed E-state index contributed by atoms with van der Waals surface area (Å²) in [5, 5.41) is 20.2. The Balaban J connectivity index is 2.25. The predicted molar refractivity (Wildman–Crippen MR) is 79.1 cm³/mol. The Morgan fingerprint density at radius 2 is 1.95 bits per heavy atom. The first kappa shape index (κ1) is 14.7. The molecule has 0 aliphatic heterocycles. The molecule has 0 saturated heterocycles. The molecule has 0 unspecified atom stereocenters. The van der Waals surface area contributed by atoms with Gasteiger partial charge in [0.2, 0.25) is 5.95 Å². The first-order valence-corrected chi connectivity index (χ1v) is 6.68. The van der Waals surface area contributed by atoms with E-state index in [0.717, 1.165) is 17.8 Å². The van der Waals surface area contributed by atoms with Crippen molar-refractivity contribution in [3.05, 3.63) is 35.2 Å². The number of hydrogen-bond acceptors (Lipinski definition) is 6. The predicted octanol–water partition coefficient (Wildman–Crippen LogP) is 1.54. The zero-order valence-corrected chi connectivity index (χ0v) is 11.9. The standard InChI is InChI=1S/C14H17N5O2/c1-3-10-11(4-2)18-19-14(16-10)17-13(21)8-6-5-7-9(15)12(8)20/h5-7,20H,3-4,15H2,1-2H3,(H,16,17,19,21). The van der Waals surface area contributed by atoms with Gasteiger partial charge >= 0.3 is 0 Å². The van der Waals surface area contributed by atoms with Gasteiger partial charge in [0.1, 0.15) is 0 Å². The lowest BCUT2D eigenvalue weighted by molar-refractivity contribution is 0.102. The monoisotopic (exact) mass is 287 g/mol. The highest BCUT2D eigenvalue weighted by molar-refractivity contribution is 6.06. The number of aryl methyl sites for hydroxylation is 2. The molecule has 1 amide bonds. The molecule has 4 N–H and O–H groups in total. The van der Waals surface area contributed by atoms with E-state index < -0.39 is 5.91 Å². The summed E-state index contributed by atoms with van der Waals surface area (Å²) in [4.78, 5) is 16.4. The number of nitrogens with zero attached hydrogens (tertiary/aromatic N) is 3. The van der Waals surface area contributed by atoms with Crippen molar-refractivity contribution in [3.8, 4) is 5.75 Å². The third kappa shape index (κ3) is 3.07. The van der Waals surface area contributed by atoms with Crippen LogP contribution in [0.2, 0.25) is 0 Å². The summed E-state index contributed by atoms with van der Waals surface area (Å²) >= 11 is 0. The molecule has 7 heteroatoms. The minimum atomic E-state index is -0.534. The second kappa shape index (κ2) is 6.17. The van der Waals surface area contributed by atoms with E-state index in [1.807, 2.05) is 13.8 Å². The molecule has 7 nitrogen and oxygen atoms in total. The van der Waals surface area contributed by atoms with Crippen molar-refractivity contribution >= 4 is 17.5 Å². The summed E-state index contributed by atoms with van der Waals surface area (Å²) in [7, 11) is 0. The van der Waals surface area contributed by atoms with Crippen LogP contribution in [0.1, 0.15) is 35.6 Å². The average molecular weight is 287 g/mol. The smallest absolute Gasteiger partial charge is 0.261 e. The van der Waals surface area contributed by atoms with E-state index in [-0.39, 0.29) is 22.9 Å². The summed E-state index contributed by atoms with van der Waals surface area (Å²) in [5.74, 6) is -0.687. The van der Waals surface area contributed by atoms with Gasteiger partial charge in [0, 0.05) is 0 Å². The molecule has 0 fully saturated rings. The summed E-state index contributed by atoms with van der Waals surface area (Å²) < 4.78 is 0. The Kier molecular flexibility index (Phi) is 4.32. The van der Waals surface area contributed by atoms with E-state index in [0.29, 0.717) is 6.42 Å². The lowest BCUT2D eigenvalue weighted by Gasteiger charge is -2.08. The fourth-order valence-electron chi connectivity index (χ4n) is 1.90. The van der Waals surface area contributed by atoms with Crippen molar-refractivity contribution < 1.29 is 9.90 Å². The number of anilines is 2. The summed E-state index contributed by atoms with van der Waals surface area (Å²) in [6.45, 7) is 3.92. The zero-order chi connectivity index (χ0) is 15.4. The van der Waals surface area contributed by atoms with Crippen molar-refractivity contribution in [2.45, 2.75) is 26.7 Å². The van der Waals surface area contributed by atoms with Crippen LogP contribution < -0.4 is 11.1 Å². The van der Waals surface area contributed by atoms with E-state index in [1.165, 1.54) is 12.1 Å². The van der Waals surface area contributed by atoms with Crippen LogP contribution in [-0.4, -0.2) is 26.2 Å². The molecule has 0 atom stereocenters. The number of carbonyl (C=O) groups is 1. The first-order valence-electron chi connectivity index (χ1n) is 6.68. The van der Waals surface area contributed by atoms with Crippen LogP contribution in [0, 0.1) is 0 Å². The largest absolute Gasteiger partial charge is 0.505 e. The Hall–Kier alpha value is -2.70. The van der Waals surface area contributed by atoms with E-state index in [1.54, 1.807) is 6.07 Å². The third-order valence-corrected chi connectivity index (χ3v) is 3.05. The summed E-state index contributed by atoms with van der Waals surface area (Å²) in [5.41, 5.74) is 7.36. The molecule has 0 aliphatic rings. The van der Waals surface area contributed by atoms with Crippen LogP contribution in [0.25, 0.3) is 0 Å². The van der Waals surface area contributed by atoms with Crippen molar-refractivity contribution in [1.82, 2.24) is 15.2 Å². The highest BCUT2D eigenvalue weighted by Gasteiger charge is 2.15. The van der Waals surface area contributed by atoms with Gasteiger partial charge in [0.05, 0.1) is 22.6 Å². The molecule has 0 radical (unpaired) electrons. The molecule has 2 aromatic rings. The maximum Gasteiger partial charge on any atom is 0.261 e. The minimum Gasteiger partial charge on any atom is -0.505 e. The number of phenolic OH excluding ortho intramolecular Hbond substituents is 1. The molecule has 1 heterocycles. The van der Waals surface area contributed by atoms with Crippen molar-refractivity contribution in [2.24, 2.45) is 0 Å². The van der Waals surface area contributed by atoms with Crippen LogP contribution in [0.5, 0.6) is 5.75 Å². The van der Waals surface area contributed by atoms with Gasteiger partial charge in [-0.1, -0.05) is 19.9 Å². The fraction of sp³-hybridized carbons (Fsp3) is 0.286. The van der Waals surface area contributed by atoms with Gasteiger partial charge in [0.25, 0.3) is 5.91 Å². The highest BCUT2D eigenvalue weighted by atomic mass is 16.3. The number of aromatic hydroxyl groups is 1. The number of nitrogens with two attached hydrogens (primary N) is 1. The number of para-hydroxylation sites is 1. The van der Waals surface area contributed by atoms with E-state index in [2.05, 4.69) is 20.5 Å². The van der Waals surface area contributed by atoms with Crippen LogP contribution in [-0.2, 0) is 12.8 Å². The van der Waals surface area contributed by atoms with Gasteiger partial charge in [-0.05, 0) is 25.0 Å². The Morgan fingerprint density at radius 1 is 1.24 bits per heavy atom. The Bertz CT molecular complexity index is 672. The van der Waals surface area contributed by atoms with Gasteiger partial charge in [-0.2, -0.15) is 0 Å². The van der Waals surface area contributed by atoms with Crippen LogP contribution in [0.3, 0.4) is 0 Å². The number of hydrogen-bond donors (Lipinski definition) is 3. The number of carbonyl (C=O) groups excluding carboxylic acids is 1.